The summed E-state index contributed by atoms with van der Waals surface area (Å²) in [5.74, 6) is -1.43. The van der Waals surface area contributed by atoms with Crippen molar-refractivity contribution in [2.45, 2.75) is 20.8 Å². The smallest absolute Gasteiger partial charge is 0.191 e. The van der Waals surface area contributed by atoms with Crippen molar-refractivity contribution in [3.05, 3.63) is 0 Å². The monoisotopic (exact) mass is 150 g/mol. The van der Waals surface area contributed by atoms with Gasteiger partial charge in [0.1, 0.15) is 0 Å². The molecule has 0 aromatic heterocycles. The molecule has 0 bridgehead atoms. The van der Waals surface area contributed by atoms with Crippen LogP contribution >= 0.6 is 0 Å². The zero-order valence-corrected chi connectivity index (χ0v) is 6.88. The lowest BCUT2D eigenvalue weighted by molar-refractivity contribution is -0.127. The minimum absolute atomic E-state index is 0.317. The van der Waals surface area contributed by atoms with Crippen molar-refractivity contribution < 1.29 is 4.79 Å². The van der Waals surface area contributed by atoms with Gasteiger partial charge < -0.3 is 0 Å². The Labute approximate surface area is 66.2 Å². The standard InChI is InChI=1S/C8H10N2O/c1-8(2,3)7(11)6(4-9)5-10/h6H,1-3H3. The van der Waals surface area contributed by atoms with Crippen molar-refractivity contribution >= 4 is 5.78 Å². The Morgan fingerprint density at radius 1 is 1.27 bits per heavy atom. The Balaban J connectivity index is 4.55. The van der Waals surface area contributed by atoms with E-state index in [0.717, 1.165) is 0 Å². The van der Waals surface area contributed by atoms with Crippen LogP contribution in [0.2, 0.25) is 0 Å². The molecule has 3 nitrogen and oxygen atoms in total. The van der Waals surface area contributed by atoms with Gasteiger partial charge in [-0.15, -0.1) is 0 Å². The van der Waals surface area contributed by atoms with Gasteiger partial charge in [-0.3, -0.25) is 4.79 Å². The first-order valence-corrected chi connectivity index (χ1v) is 3.27. The highest BCUT2D eigenvalue weighted by atomic mass is 16.1. The molecule has 0 amide bonds. The van der Waals surface area contributed by atoms with Crippen molar-refractivity contribution in [1.29, 1.82) is 10.5 Å². The zero-order valence-electron chi connectivity index (χ0n) is 6.88. The zero-order chi connectivity index (χ0) is 9.07. The molecule has 0 radical (unpaired) electrons. The molecule has 0 aromatic rings. The number of hydrogen-bond donors (Lipinski definition) is 0. The maximum Gasteiger partial charge on any atom is 0.191 e. The normalized spacial score (nSPS) is 10.4. The molecule has 11 heavy (non-hydrogen) atoms. The number of carbonyl (C=O) groups is 1. The highest BCUT2D eigenvalue weighted by Gasteiger charge is 2.29. The molecule has 58 valence electrons. The maximum absolute atomic E-state index is 11.2. The predicted octanol–water partition coefficient (Wildman–Crippen LogP) is 1.26. The molecule has 0 aliphatic rings. The predicted molar refractivity (Wildman–Crippen MR) is 39.2 cm³/mol. The third-order valence-corrected chi connectivity index (χ3v) is 1.26. The molecule has 3 heteroatoms. The van der Waals surface area contributed by atoms with Gasteiger partial charge in [-0.1, -0.05) is 20.8 Å². The molecule has 0 heterocycles. The fourth-order valence-electron chi connectivity index (χ4n) is 0.579. The van der Waals surface area contributed by atoms with E-state index in [4.69, 9.17) is 10.5 Å². The second kappa shape index (κ2) is 3.16. The van der Waals surface area contributed by atoms with E-state index in [9.17, 15) is 4.79 Å². The van der Waals surface area contributed by atoms with E-state index in [1.54, 1.807) is 32.9 Å². The lowest BCUT2D eigenvalue weighted by atomic mass is 9.84. The second-order valence-electron chi connectivity index (χ2n) is 3.31. The number of nitriles is 2. The van der Waals surface area contributed by atoms with Crippen molar-refractivity contribution in [1.82, 2.24) is 0 Å². The average molecular weight is 150 g/mol. The summed E-state index contributed by atoms with van der Waals surface area (Å²) < 4.78 is 0. The van der Waals surface area contributed by atoms with Crippen molar-refractivity contribution in [2.75, 3.05) is 0 Å². The van der Waals surface area contributed by atoms with Crippen LogP contribution in [0.25, 0.3) is 0 Å². The molecule has 0 aromatic carbocycles. The lowest BCUT2D eigenvalue weighted by Gasteiger charge is -2.15. The summed E-state index contributed by atoms with van der Waals surface area (Å²) in [5.41, 5.74) is -0.601. The summed E-state index contributed by atoms with van der Waals surface area (Å²) >= 11 is 0. The Morgan fingerprint density at radius 2 is 1.64 bits per heavy atom. The number of hydrogen-bond acceptors (Lipinski definition) is 3. The van der Waals surface area contributed by atoms with E-state index in [2.05, 4.69) is 0 Å². The van der Waals surface area contributed by atoms with E-state index in [-0.39, 0.29) is 5.78 Å². The van der Waals surface area contributed by atoms with Gasteiger partial charge in [0.25, 0.3) is 0 Å². The molecular formula is C8H10N2O. The van der Waals surface area contributed by atoms with Crippen LogP contribution in [0.4, 0.5) is 0 Å². The van der Waals surface area contributed by atoms with E-state index < -0.39 is 11.3 Å². The van der Waals surface area contributed by atoms with Crippen LogP contribution in [-0.2, 0) is 4.79 Å². The van der Waals surface area contributed by atoms with Gasteiger partial charge >= 0.3 is 0 Å². The molecule has 0 aliphatic carbocycles. The first-order chi connectivity index (χ1) is 4.93. The molecule has 0 atom stereocenters. The Bertz CT molecular complexity index is 222. The summed E-state index contributed by atoms with van der Waals surface area (Å²) in [4.78, 5) is 11.2. The third-order valence-electron chi connectivity index (χ3n) is 1.26. The van der Waals surface area contributed by atoms with Gasteiger partial charge in [0, 0.05) is 5.41 Å². The fraction of sp³-hybridized carbons (Fsp3) is 0.625. The van der Waals surface area contributed by atoms with Gasteiger partial charge in [0.15, 0.2) is 11.7 Å². The molecule has 0 rings (SSSR count). The van der Waals surface area contributed by atoms with Crippen LogP contribution in [-0.4, -0.2) is 5.78 Å². The van der Waals surface area contributed by atoms with Crippen LogP contribution in [0.1, 0.15) is 20.8 Å². The highest BCUT2D eigenvalue weighted by Crippen LogP contribution is 2.19. The number of carbonyl (C=O) groups excluding carboxylic acids is 1. The van der Waals surface area contributed by atoms with Crippen LogP contribution in [0.5, 0.6) is 0 Å². The van der Waals surface area contributed by atoms with Gasteiger partial charge in [-0.05, 0) is 0 Å². The minimum atomic E-state index is -1.12. The topological polar surface area (TPSA) is 64.7 Å². The van der Waals surface area contributed by atoms with Crippen LogP contribution in [0.3, 0.4) is 0 Å². The van der Waals surface area contributed by atoms with Gasteiger partial charge in [-0.25, -0.2) is 0 Å². The molecule has 0 spiro atoms. The van der Waals surface area contributed by atoms with Crippen molar-refractivity contribution in [3.63, 3.8) is 0 Å². The fourth-order valence-corrected chi connectivity index (χ4v) is 0.579. The lowest BCUT2D eigenvalue weighted by Crippen LogP contribution is -2.26. The van der Waals surface area contributed by atoms with E-state index >= 15 is 0 Å². The number of nitrogens with zero attached hydrogens (tertiary/aromatic N) is 2. The van der Waals surface area contributed by atoms with E-state index in [1.807, 2.05) is 0 Å². The van der Waals surface area contributed by atoms with E-state index in [0.29, 0.717) is 0 Å². The van der Waals surface area contributed by atoms with E-state index in [1.165, 1.54) is 0 Å². The Morgan fingerprint density at radius 3 is 1.73 bits per heavy atom. The summed E-state index contributed by atoms with van der Waals surface area (Å²) in [6.07, 6.45) is 0. The first-order valence-electron chi connectivity index (χ1n) is 3.27. The molecular weight excluding hydrogens is 140 g/mol. The molecule has 0 aliphatic heterocycles. The SMILES string of the molecule is CC(C)(C)C(=O)C(C#N)C#N. The molecule has 0 saturated heterocycles. The number of ketones is 1. The molecule has 0 fully saturated rings. The van der Waals surface area contributed by atoms with Gasteiger partial charge in [-0.2, -0.15) is 10.5 Å². The van der Waals surface area contributed by atoms with Crippen LogP contribution in [0.15, 0.2) is 0 Å². The molecule has 0 N–H and O–H groups in total. The molecule has 0 unspecified atom stereocenters. The third kappa shape index (κ3) is 2.39. The van der Waals surface area contributed by atoms with Gasteiger partial charge in [0.2, 0.25) is 0 Å². The average Bonchev–Trinajstić information content (AvgIpc) is 1.88. The number of rotatable bonds is 1. The van der Waals surface area contributed by atoms with Gasteiger partial charge in [0.05, 0.1) is 12.1 Å². The summed E-state index contributed by atoms with van der Waals surface area (Å²) in [5, 5.41) is 16.7. The Kier molecular flexibility index (Phi) is 2.78. The summed E-state index contributed by atoms with van der Waals surface area (Å²) in [7, 11) is 0. The molecule has 0 saturated carbocycles. The van der Waals surface area contributed by atoms with Crippen LogP contribution < -0.4 is 0 Å². The highest BCUT2D eigenvalue weighted by molar-refractivity contribution is 5.90. The number of Topliss-reactive ketones (excluding diaryl/α,β-unsaturated/α-hetero) is 1. The van der Waals surface area contributed by atoms with Crippen LogP contribution in [0, 0.1) is 34.0 Å². The van der Waals surface area contributed by atoms with Crippen molar-refractivity contribution in [3.8, 4) is 12.1 Å². The first kappa shape index (κ1) is 9.65. The minimum Gasteiger partial charge on any atom is -0.296 e. The van der Waals surface area contributed by atoms with Crippen molar-refractivity contribution in [2.24, 2.45) is 11.3 Å². The Hall–Kier alpha value is -1.35. The quantitative estimate of drug-likeness (QED) is 0.565. The largest absolute Gasteiger partial charge is 0.296 e. The summed E-state index contributed by atoms with van der Waals surface area (Å²) in [6, 6.07) is 3.29. The maximum atomic E-state index is 11.2. The summed E-state index contributed by atoms with van der Waals surface area (Å²) in [6.45, 7) is 5.07. The second-order valence-corrected chi connectivity index (χ2v) is 3.31.